The number of phenols is 1. The van der Waals surface area contributed by atoms with Crippen LogP contribution in [0.25, 0.3) is 5.69 Å². The Morgan fingerprint density at radius 1 is 1.30 bits per heavy atom. The van der Waals surface area contributed by atoms with Crippen molar-refractivity contribution in [3.8, 4) is 17.2 Å². The van der Waals surface area contributed by atoms with Crippen LogP contribution in [0.15, 0.2) is 48.8 Å². The monoisotopic (exact) mass is 385 g/mol. The molecule has 1 aliphatic heterocycles. The highest BCUT2D eigenvalue weighted by Crippen LogP contribution is 2.43. The van der Waals surface area contributed by atoms with Crippen molar-refractivity contribution in [2.24, 2.45) is 0 Å². The van der Waals surface area contributed by atoms with Gasteiger partial charge in [-0.1, -0.05) is 6.07 Å². The molecule has 1 amide bonds. The summed E-state index contributed by atoms with van der Waals surface area (Å²) in [7, 11) is 1.48. The fourth-order valence-corrected chi connectivity index (χ4v) is 4.14. The Bertz CT molecular complexity index is 1000. The number of carbonyl (C=O) groups is 1. The Morgan fingerprint density at radius 3 is 2.81 bits per heavy atom. The lowest BCUT2D eigenvalue weighted by molar-refractivity contribution is -0.113. The summed E-state index contributed by atoms with van der Waals surface area (Å²) in [5, 5.41) is 12.5. The van der Waals surface area contributed by atoms with Crippen LogP contribution in [-0.2, 0) is 4.79 Å². The number of nitrogens with one attached hydrogen (secondary N) is 1. The van der Waals surface area contributed by atoms with Crippen molar-refractivity contribution in [1.82, 2.24) is 9.55 Å². The van der Waals surface area contributed by atoms with E-state index in [1.807, 2.05) is 4.57 Å². The predicted octanol–water partition coefficient (Wildman–Crippen LogP) is 3.50. The van der Waals surface area contributed by atoms with E-state index in [1.165, 1.54) is 31.0 Å². The molecule has 0 fully saturated rings. The normalized spacial score (nSPS) is 16.4. The number of thioether (sulfide) groups is 1. The Balaban J connectivity index is 1.87. The fraction of sp³-hybridized carbons (Fsp3) is 0.158. The van der Waals surface area contributed by atoms with Crippen molar-refractivity contribution in [2.75, 3.05) is 18.2 Å². The summed E-state index contributed by atoms with van der Waals surface area (Å²) < 4.78 is 20.4. The smallest absolute Gasteiger partial charge is 0.235 e. The van der Waals surface area contributed by atoms with Crippen LogP contribution >= 0.6 is 11.8 Å². The molecule has 0 bridgehead atoms. The number of anilines is 1. The van der Waals surface area contributed by atoms with E-state index in [9.17, 15) is 14.3 Å². The third-order valence-corrected chi connectivity index (χ3v) is 5.56. The van der Waals surface area contributed by atoms with Crippen molar-refractivity contribution in [3.63, 3.8) is 0 Å². The first kappa shape index (κ1) is 17.4. The average molecular weight is 385 g/mol. The molecule has 4 rings (SSSR count). The summed E-state index contributed by atoms with van der Waals surface area (Å²) in [6.07, 6.45) is 1.61. The molecule has 1 aromatic heterocycles. The molecular weight excluding hydrogens is 369 g/mol. The summed E-state index contributed by atoms with van der Waals surface area (Å²) in [5.74, 6) is 0.651. The minimum atomic E-state index is -0.326. The maximum absolute atomic E-state index is 13.3. The van der Waals surface area contributed by atoms with Crippen molar-refractivity contribution in [2.45, 2.75) is 5.25 Å². The highest BCUT2D eigenvalue weighted by atomic mass is 32.2. The highest BCUT2D eigenvalue weighted by Gasteiger charge is 2.29. The minimum absolute atomic E-state index is 0.0429. The van der Waals surface area contributed by atoms with Gasteiger partial charge in [0, 0.05) is 5.69 Å². The SMILES string of the molecule is COc1cc([C@H]2SCC(=O)Nc3ncn(-c4ccc(F)cc4)c32)ccc1O. The van der Waals surface area contributed by atoms with Crippen molar-refractivity contribution in [3.05, 3.63) is 65.9 Å². The summed E-state index contributed by atoms with van der Waals surface area (Å²) in [4.78, 5) is 16.4. The van der Waals surface area contributed by atoms with Gasteiger partial charge < -0.3 is 15.2 Å². The molecule has 0 saturated carbocycles. The van der Waals surface area contributed by atoms with Gasteiger partial charge in [0.15, 0.2) is 17.3 Å². The van der Waals surface area contributed by atoms with Crippen LogP contribution < -0.4 is 10.1 Å². The summed E-state index contributed by atoms with van der Waals surface area (Å²) in [6, 6.07) is 11.2. The van der Waals surface area contributed by atoms with Crippen molar-refractivity contribution < 1.29 is 19.0 Å². The molecule has 27 heavy (non-hydrogen) atoms. The third-order valence-electron chi connectivity index (χ3n) is 4.30. The lowest BCUT2D eigenvalue weighted by Crippen LogP contribution is -2.12. The fourth-order valence-electron chi connectivity index (χ4n) is 3.03. The molecule has 0 spiro atoms. The van der Waals surface area contributed by atoms with Crippen LogP contribution in [0, 0.1) is 5.82 Å². The molecule has 3 aromatic rings. The van der Waals surface area contributed by atoms with E-state index < -0.39 is 0 Å². The predicted molar refractivity (Wildman–Crippen MR) is 101 cm³/mol. The number of nitrogens with zero attached hydrogens (tertiary/aromatic N) is 2. The lowest BCUT2D eigenvalue weighted by atomic mass is 10.1. The number of amides is 1. The summed E-state index contributed by atoms with van der Waals surface area (Å²) >= 11 is 1.45. The molecule has 138 valence electrons. The standard InChI is InChI=1S/C19H16FN3O3S/c1-26-15-8-11(2-7-14(15)24)18-17-19(22-16(25)9-27-18)21-10-23(17)13-5-3-12(20)4-6-13/h2-8,10,18,24H,9H2,1H3,(H,22,25)/t18-/m1/s1. The van der Waals surface area contributed by atoms with Gasteiger partial charge in [0.2, 0.25) is 5.91 Å². The molecule has 0 unspecified atom stereocenters. The van der Waals surface area contributed by atoms with Crippen molar-refractivity contribution in [1.29, 1.82) is 0 Å². The van der Waals surface area contributed by atoms with Gasteiger partial charge in [-0.05, 0) is 42.0 Å². The molecule has 2 heterocycles. The van der Waals surface area contributed by atoms with Crippen LogP contribution in [0.4, 0.5) is 10.2 Å². The Labute approximate surface area is 159 Å². The first-order valence-electron chi connectivity index (χ1n) is 8.18. The first-order valence-corrected chi connectivity index (χ1v) is 9.23. The van der Waals surface area contributed by atoms with Gasteiger partial charge in [-0.2, -0.15) is 0 Å². The van der Waals surface area contributed by atoms with E-state index in [4.69, 9.17) is 4.74 Å². The zero-order valence-electron chi connectivity index (χ0n) is 14.3. The van der Waals surface area contributed by atoms with E-state index >= 15 is 0 Å². The van der Waals surface area contributed by atoms with Crippen LogP contribution in [0.2, 0.25) is 0 Å². The molecule has 6 nitrogen and oxygen atoms in total. The topological polar surface area (TPSA) is 76.4 Å². The Hall–Kier alpha value is -3.00. The number of halogens is 1. The van der Waals surface area contributed by atoms with Crippen LogP contribution in [-0.4, -0.2) is 33.4 Å². The highest BCUT2D eigenvalue weighted by molar-refractivity contribution is 8.00. The maximum atomic E-state index is 13.3. The number of benzene rings is 2. The second kappa shape index (κ2) is 6.96. The zero-order chi connectivity index (χ0) is 19.0. The number of ether oxygens (including phenoxy) is 1. The number of carbonyl (C=O) groups excluding carboxylic acids is 1. The number of fused-ring (bicyclic) bond motifs is 1. The number of hydrogen-bond acceptors (Lipinski definition) is 5. The molecule has 1 aliphatic rings. The number of hydrogen-bond donors (Lipinski definition) is 2. The summed E-state index contributed by atoms with van der Waals surface area (Å²) in [6.45, 7) is 0. The van der Waals surface area contributed by atoms with Gasteiger partial charge in [-0.25, -0.2) is 9.37 Å². The van der Waals surface area contributed by atoms with Crippen LogP contribution in [0.3, 0.4) is 0 Å². The van der Waals surface area contributed by atoms with Gasteiger partial charge in [-0.15, -0.1) is 11.8 Å². The quantitative estimate of drug-likeness (QED) is 0.722. The average Bonchev–Trinajstić information content (AvgIpc) is 2.99. The number of aromatic hydroxyl groups is 1. The number of rotatable bonds is 3. The third kappa shape index (κ3) is 3.23. The zero-order valence-corrected chi connectivity index (χ0v) is 15.2. The van der Waals surface area contributed by atoms with E-state index in [0.717, 1.165) is 16.9 Å². The largest absolute Gasteiger partial charge is 0.504 e. The number of aromatic nitrogens is 2. The molecule has 0 aliphatic carbocycles. The van der Waals surface area contributed by atoms with E-state index in [-0.39, 0.29) is 28.5 Å². The van der Waals surface area contributed by atoms with Crippen LogP contribution in [0.5, 0.6) is 11.5 Å². The number of imidazole rings is 1. The molecule has 2 aromatic carbocycles. The number of methoxy groups -OCH3 is 1. The lowest BCUT2D eigenvalue weighted by Gasteiger charge is -2.19. The maximum Gasteiger partial charge on any atom is 0.235 e. The van der Waals surface area contributed by atoms with Gasteiger partial charge in [0.05, 0.1) is 23.8 Å². The van der Waals surface area contributed by atoms with E-state index in [1.54, 1.807) is 36.7 Å². The summed E-state index contributed by atoms with van der Waals surface area (Å²) in [5.41, 5.74) is 2.36. The van der Waals surface area contributed by atoms with Crippen LogP contribution in [0.1, 0.15) is 16.5 Å². The van der Waals surface area contributed by atoms with Gasteiger partial charge in [0.1, 0.15) is 12.1 Å². The molecule has 1 atom stereocenters. The van der Waals surface area contributed by atoms with Gasteiger partial charge in [-0.3, -0.25) is 9.36 Å². The van der Waals surface area contributed by atoms with Crippen molar-refractivity contribution >= 4 is 23.5 Å². The minimum Gasteiger partial charge on any atom is -0.504 e. The second-order valence-electron chi connectivity index (χ2n) is 6.00. The first-order chi connectivity index (χ1) is 13.1. The molecular formula is C19H16FN3O3S. The van der Waals surface area contributed by atoms with E-state index in [0.29, 0.717) is 11.6 Å². The number of phenolic OH excluding ortho intramolecular Hbond substituents is 1. The second-order valence-corrected chi connectivity index (χ2v) is 7.09. The molecule has 8 heteroatoms. The van der Waals surface area contributed by atoms with Gasteiger partial charge >= 0.3 is 0 Å². The molecule has 0 saturated heterocycles. The Morgan fingerprint density at radius 2 is 2.07 bits per heavy atom. The molecule has 0 radical (unpaired) electrons. The van der Waals surface area contributed by atoms with E-state index in [2.05, 4.69) is 10.3 Å². The Kier molecular flexibility index (Phi) is 4.49. The van der Waals surface area contributed by atoms with Gasteiger partial charge in [0.25, 0.3) is 0 Å². The molecule has 2 N–H and O–H groups in total.